The third-order valence-electron chi connectivity index (χ3n) is 8.51. The van der Waals surface area contributed by atoms with Crippen molar-refractivity contribution in [1.82, 2.24) is 0 Å². The molecule has 0 fully saturated rings. The number of carbonyl (C=O) groups is 2. The van der Waals surface area contributed by atoms with Gasteiger partial charge in [-0.2, -0.15) is 0 Å². The first-order valence-corrected chi connectivity index (χ1v) is 18.1. The Kier molecular flexibility index (Phi) is 13.4. The Morgan fingerprint density at radius 2 is 0.865 bits per heavy atom. The Bertz CT molecular complexity index is 1840. The first kappa shape index (κ1) is 38.0. The molecule has 8 nitrogen and oxygen atoms in total. The van der Waals surface area contributed by atoms with Crippen LogP contribution in [0, 0.1) is 27.7 Å². The molecule has 0 radical (unpaired) electrons. The predicted octanol–water partition coefficient (Wildman–Crippen LogP) is 9.57. The number of ether oxygens (including phenoxy) is 6. The van der Waals surface area contributed by atoms with Crippen LogP contribution in [0.5, 0.6) is 23.0 Å². The van der Waals surface area contributed by atoms with Crippen LogP contribution in [0.2, 0.25) is 0 Å². The minimum atomic E-state index is -0.650. The van der Waals surface area contributed by atoms with Crippen molar-refractivity contribution in [3.63, 3.8) is 0 Å². The molecule has 0 N–H and O–H groups in total. The van der Waals surface area contributed by atoms with Gasteiger partial charge < -0.3 is 28.4 Å². The van der Waals surface area contributed by atoms with E-state index in [2.05, 4.69) is 12.1 Å². The number of esters is 2. The summed E-state index contributed by atoms with van der Waals surface area (Å²) in [7, 11) is 0. The number of rotatable bonds is 18. The second-order valence-electron chi connectivity index (χ2n) is 13.4. The molecule has 5 aromatic rings. The normalized spacial score (nSPS) is 12.3. The van der Waals surface area contributed by atoms with E-state index in [1.165, 1.54) is 0 Å². The van der Waals surface area contributed by atoms with Crippen LogP contribution in [0.15, 0.2) is 84.9 Å². The second-order valence-corrected chi connectivity index (χ2v) is 13.4. The topological polar surface area (TPSA) is 89.5 Å². The van der Waals surface area contributed by atoms with Gasteiger partial charge in [0, 0.05) is 34.4 Å². The van der Waals surface area contributed by atoms with Gasteiger partial charge in [0.1, 0.15) is 49.4 Å². The Labute approximate surface area is 306 Å². The third kappa shape index (κ3) is 10.4. The molecule has 0 aromatic heterocycles. The average molecular weight is 707 g/mol. The summed E-state index contributed by atoms with van der Waals surface area (Å²) in [5.74, 6) is 2.11. The van der Waals surface area contributed by atoms with Gasteiger partial charge in [-0.15, -0.1) is 0 Å². The van der Waals surface area contributed by atoms with Crippen LogP contribution < -0.4 is 18.9 Å². The zero-order valence-electron chi connectivity index (χ0n) is 31.2. The van der Waals surface area contributed by atoms with Gasteiger partial charge in [0.2, 0.25) is 0 Å². The van der Waals surface area contributed by atoms with Gasteiger partial charge in [-0.25, -0.2) is 0 Å². The van der Waals surface area contributed by atoms with Crippen LogP contribution in [-0.2, 0) is 19.1 Å². The second kappa shape index (κ2) is 18.3. The van der Waals surface area contributed by atoms with Crippen LogP contribution in [0.1, 0.15) is 61.8 Å². The summed E-state index contributed by atoms with van der Waals surface area (Å²) < 4.78 is 37.1. The van der Waals surface area contributed by atoms with Gasteiger partial charge in [-0.1, -0.05) is 73.5 Å². The lowest BCUT2D eigenvalue weighted by Crippen LogP contribution is -2.31. The zero-order chi connectivity index (χ0) is 37.0. The molecule has 274 valence electrons. The van der Waals surface area contributed by atoms with Crippen molar-refractivity contribution < 1.29 is 38.0 Å². The van der Waals surface area contributed by atoms with E-state index in [0.717, 1.165) is 43.8 Å². The third-order valence-corrected chi connectivity index (χ3v) is 8.51. The van der Waals surface area contributed by atoms with Crippen molar-refractivity contribution in [3.05, 3.63) is 107 Å². The highest BCUT2D eigenvalue weighted by molar-refractivity contribution is 6.11. The van der Waals surface area contributed by atoms with E-state index in [0.29, 0.717) is 48.7 Å². The van der Waals surface area contributed by atoms with Crippen LogP contribution >= 0.6 is 0 Å². The predicted molar refractivity (Wildman–Crippen MR) is 205 cm³/mol. The molecule has 8 heteroatoms. The van der Waals surface area contributed by atoms with Crippen molar-refractivity contribution >= 4 is 33.5 Å². The van der Waals surface area contributed by atoms with Gasteiger partial charge in [-0.3, -0.25) is 9.59 Å². The summed E-state index contributed by atoms with van der Waals surface area (Å²) in [6.45, 7) is 12.4. The number of hydrogen-bond donors (Lipinski definition) is 0. The van der Waals surface area contributed by atoms with Gasteiger partial charge >= 0.3 is 11.9 Å². The SMILES string of the molecule is CCCC(=O)OC(COc1cccc(C)c1)COc1c2ccc(C)cc2c(OCC(COc2cccc(C)c2)OC(=O)CCC)c2ccc(C)cc12. The molecule has 0 amide bonds. The van der Waals surface area contributed by atoms with E-state index in [4.69, 9.17) is 28.4 Å². The lowest BCUT2D eigenvalue weighted by Gasteiger charge is -2.23. The number of fused-ring (bicyclic) bond motifs is 2. The fourth-order valence-electron chi connectivity index (χ4n) is 5.96. The van der Waals surface area contributed by atoms with Crippen molar-refractivity contribution in [1.29, 1.82) is 0 Å². The molecule has 0 saturated carbocycles. The summed E-state index contributed by atoms with van der Waals surface area (Å²) in [5, 5.41) is 3.38. The number of aryl methyl sites for hydroxylation is 4. The molecule has 2 unspecified atom stereocenters. The van der Waals surface area contributed by atoms with E-state index < -0.39 is 12.2 Å². The summed E-state index contributed by atoms with van der Waals surface area (Å²) in [5.41, 5.74) is 4.23. The summed E-state index contributed by atoms with van der Waals surface area (Å²) in [6, 6.07) is 27.8. The van der Waals surface area contributed by atoms with Crippen LogP contribution in [0.3, 0.4) is 0 Å². The van der Waals surface area contributed by atoms with E-state index in [1.807, 2.05) is 114 Å². The van der Waals surface area contributed by atoms with E-state index in [1.54, 1.807) is 0 Å². The molecular weight excluding hydrogens is 656 g/mol. The lowest BCUT2D eigenvalue weighted by atomic mass is 9.97. The average Bonchev–Trinajstić information content (AvgIpc) is 3.11. The molecule has 2 atom stereocenters. The molecule has 0 aliphatic carbocycles. The standard InChI is InChI=1S/C44H50O8/c1-7-11-41(45)51-35(25-47-33-15-9-13-29(3)21-33)27-49-43-37-19-17-32(6)24-40(37)44(38-20-18-31(5)23-39(38)43)50-28-36(52-42(46)12-8-2)26-48-34-16-10-14-30(4)22-34/h9-10,13-24,35-36H,7-8,11-12,25-28H2,1-6H3. The Balaban J connectivity index is 1.46. The van der Waals surface area contributed by atoms with Crippen LogP contribution in [0.25, 0.3) is 21.5 Å². The number of carbonyl (C=O) groups excluding carboxylic acids is 2. The maximum absolute atomic E-state index is 12.7. The van der Waals surface area contributed by atoms with Gasteiger partial charge in [0.25, 0.3) is 0 Å². The van der Waals surface area contributed by atoms with Gasteiger partial charge in [-0.05, 0) is 88.1 Å². The first-order valence-electron chi connectivity index (χ1n) is 18.1. The lowest BCUT2D eigenvalue weighted by molar-refractivity contribution is -0.153. The minimum absolute atomic E-state index is 0.0826. The van der Waals surface area contributed by atoms with E-state index >= 15 is 0 Å². The maximum Gasteiger partial charge on any atom is 0.306 e. The molecule has 0 saturated heterocycles. The smallest absolute Gasteiger partial charge is 0.306 e. The molecule has 52 heavy (non-hydrogen) atoms. The van der Waals surface area contributed by atoms with E-state index in [9.17, 15) is 9.59 Å². The first-order chi connectivity index (χ1) is 25.1. The van der Waals surface area contributed by atoms with Crippen molar-refractivity contribution in [2.75, 3.05) is 26.4 Å². The quantitative estimate of drug-likeness (QED) is 0.0658. The van der Waals surface area contributed by atoms with Crippen LogP contribution in [0.4, 0.5) is 0 Å². The highest BCUT2D eigenvalue weighted by Crippen LogP contribution is 2.44. The monoisotopic (exact) mass is 706 g/mol. The molecule has 0 heterocycles. The Morgan fingerprint density at radius 1 is 0.481 bits per heavy atom. The number of hydrogen-bond acceptors (Lipinski definition) is 8. The fourth-order valence-corrected chi connectivity index (χ4v) is 5.96. The Hall–Kier alpha value is -5.24. The van der Waals surface area contributed by atoms with E-state index in [-0.39, 0.29) is 38.4 Å². The fraction of sp³-hybridized carbons (Fsp3) is 0.364. The summed E-state index contributed by atoms with van der Waals surface area (Å²) >= 11 is 0. The van der Waals surface area contributed by atoms with Crippen LogP contribution in [-0.4, -0.2) is 50.6 Å². The van der Waals surface area contributed by atoms with Gasteiger partial charge in [0.05, 0.1) is 0 Å². The largest absolute Gasteiger partial charge is 0.490 e. The molecule has 0 spiro atoms. The Morgan fingerprint density at radius 3 is 1.25 bits per heavy atom. The number of benzene rings is 5. The highest BCUT2D eigenvalue weighted by Gasteiger charge is 2.23. The van der Waals surface area contributed by atoms with Crippen molar-refractivity contribution in [2.45, 2.75) is 79.4 Å². The molecule has 0 aliphatic rings. The zero-order valence-corrected chi connectivity index (χ0v) is 31.2. The van der Waals surface area contributed by atoms with Gasteiger partial charge in [0.15, 0.2) is 12.2 Å². The molecule has 0 bridgehead atoms. The minimum Gasteiger partial charge on any atom is -0.490 e. The van der Waals surface area contributed by atoms with Crippen molar-refractivity contribution in [3.8, 4) is 23.0 Å². The van der Waals surface area contributed by atoms with Crippen molar-refractivity contribution in [2.24, 2.45) is 0 Å². The highest BCUT2D eigenvalue weighted by atomic mass is 16.6. The molecule has 0 aliphatic heterocycles. The summed E-state index contributed by atoms with van der Waals surface area (Å²) in [4.78, 5) is 25.3. The molecule has 5 aromatic carbocycles. The molecular formula is C44H50O8. The summed E-state index contributed by atoms with van der Waals surface area (Å²) in [6.07, 6.45) is 0.671. The molecule has 5 rings (SSSR count). The maximum atomic E-state index is 12.7.